The van der Waals surface area contributed by atoms with Crippen molar-refractivity contribution < 1.29 is 0 Å². The number of hydrogen-bond acceptors (Lipinski definition) is 5. The molecule has 0 fully saturated rings. The first-order valence-corrected chi connectivity index (χ1v) is 18.7. The predicted octanol–water partition coefficient (Wildman–Crippen LogP) is 12.6. The largest absolute Gasteiger partial charge is 0.245 e. The summed E-state index contributed by atoms with van der Waals surface area (Å²) in [5, 5.41) is 2.12. The summed E-state index contributed by atoms with van der Waals surface area (Å²) in [5.41, 5.74) is 13.0. The molecule has 10 rings (SSSR count). The average Bonchev–Trinajstić information content (AvgIpc) is 3.29. The Morgan fingerprint density at radius 3 is 1.16 bits per heavy atom. The van der Waals surface area contributed by atoms with Crippen molar-refractivity contribution >= 4 is 21.8 Å². The van der Waals surface area contributed by atoms with E-state index < -0.39 is 0 Å². The third kappa shape index (κ3) is 6.37. The van der Waals surface area contributed by atoms with Gasteiger partial charge in [-0.05, 0) is 34.4 Å². The van der Waals surface area contributed by atoms with Gasteiger partial charge >= 0.3 is 0 Å². The molecule has 3 aromatic heterocycles. The predicted molar refractivity (Wildman–Crippen MR) is 228 cm³/mol. The van der Waals surface area contributed by atoms with Crippen molar-refractivity contribution in [2.45, 2.75) is 0 Å². The van der Waals surface area contributed by atoms with Crippen LogP contribution in [0, 0.1) is 0 Å². The topological polar surface area (TPSA) is 64.5 Å². The molecule has 0 radical (unpaired) electrons. The van der Waals surface area contributed by atoms with Gasteiger partial charge in [-0.3, -0.25) is 0 Å². The third-order valence-corrected chi connectivity index (χ3v) is 10.1. The molecule has 0 N–H and O–H groups in total. The number of nitrogens with zero attached hydrogens (tertiary/aromatic N) is 5. The van der Waals surface area contributed by atoms with E-state index in [0.717, 1.165) is 83.3 Å². The molecule has 0 bridgehead atoms. The first-order chi connectivity index (χ1) is 27.7. The molecule has 7 aromatic carbocycles. The molecule has 0 unspecified atom stereocenters. The summed E-state index contributed by atoms with van der Waals surface area (Å²) in [6, 6.07) is 68.8. The Labute approximate surface area is 324 Å². The van der Waals surface area contributed by atoms with E-state index in [0.29, 0.717) is 17.5 Å². The molecular weight excluding hydrogens is 683 g/mol. The van der Waals surface area contributed by atoms with Gasteiger partial charge in [-0.1, -0.05) is 188 Å². The van der Waals surface area contributed by atoms with Gasteiger partial charge in [0.05, 0.1) is 22.4 Å². The maximum absolute atomic E-state index is 5.26. The zero-order valence-electron chi connectivity index (χ0n) is 30.3. The average molecular weight is 716 g/mol. The van der Waals surface area contributed by atoms with Crippen molar-refractivity contribution in [2.24, 2.45) is 0 Å². The van der Waals surface area contributed by atoms with Crippen LogP contribution in [-0.4, -0.2) is 24.9 Å². The summed E-state index contributed by atoms with van der Waals surface area (Å²) in [5.74, 6) is 1.93. The summed E-state index contributed by atoms with van der Waals surface area (Å²) in [6.07, 6.45) is 0. The van der Waals surface area contributed by atoms with Gasteiger partial charge in [0.15, 0.2) is 17.5 Å². The molecule has 3 heterocycles. The Morgan fingerprint density at radius 2 is 0.643 bits per heavy atom. The van der Waals surface area contributed by atoms with Crippen LogP contribution in [0.2, 0.25) is 0 Å². The van der Waals surface area contributed by atoms with Crippen LogP contribution in [0.15, 0.2) is 200 Å². The van der Waals surface area contributed by atoms with Crippen LogP contribution in [-0.2, 0) is 0 Å². The number of rotatable bonds is 7. The minimum atomic E-state index is 0.635. The fourth-order valence-electron chi connectivity index (χ4n) is 7.23. The zero-order valence-corrected chi connectivity index (χ0v) is 30.3. The summed E-state index contributed by atoms with van der Waals surface area (Å²) >= 11 is 0. The van der Waals surface area contributed by atoms with Crippen LogP contribution in [0.4, 0.5) is 0 Å². The molecule has 0 aliphatic heterocycles. The molecule has 0 atom stereocenters. The lowest BCUT2D eigenvalue weighted by Crippen LogP contribution is -2.00. The van der Waals surface area contributed by atoms with Crippen LogP contribution in [0.25, 0.3) is 101 Å². The van der Waals surface area contributed by atoms with E-state index in [1.165, 1.54) is 0 Å². The third-order valence-electron chi connectivity index (χ3n) is 10.1. The molecule has 0 aliphatic rings. The fraction of sp³-hybridized carbons (Fsp3) is 0. The summed E-state index contributed by atoms with van der Waals surface area (Å²) in [4.78, 5) is 25.1. The van der Waals surface area contributed by atoms with Crippen molar-refractivity contribution in [3.63, 3.8) is 0 Å². The molecule has 0 aliphatic carbocycles. The maximum Gasteiger partial charge on any atom is 0.164 e. The Morgan fingerprint density at radius 1 is 0.250 bits per heavy atom. The van der Waals surface area contributed by atoms with Crippen LogP contribution in [0.1, 0.15) is 0 Å². The van der Waals surface area contributed by atoms with Crippen molar-refractivity contribution in [2.75, 3.05) is 0 Å². The second kappa shape index (κ2) is 14.3. The highest BCUT2D eigenvalue weighted by Gasteiger charge is 2.16. The number of benzene rings is 7. The molecule has 5 nitrogen and oxygen atoms in total. The lowest BCUT2D eigenvalue weighted by atomic mass is 9.95. The smallest absolute Gasteiger partial charge is 0.164 e. The van der Waals surface area contributed by atoms with E-state index in [9.17, 15) is 0 Å². The van der Waals surface area contributed by atoms with Crippen LogP contribution in [0.3, 0.4) is 0 Å². The minimum absolute atomic E-state index is 0.635. The van der Waals surface area contributed by atoms with Gasteiger partial charge in [-0.2, -0.15) is 0 Å². The van der Waals surface area contributed by atoms with E-state index in [-0.39, 0.29) is 0 Å². The van der Waals surface area contributed by atoms with Crippen molar-refractivity contribution in [1.29, 1.82) is 0 Å². The highest BCUT2D eigenvalue weighted by atomic mass is 15.0. The standard InChI is InChI=1S/C51H33N5/c1-5-13-37(14-6-1)45-32-30-39-29-31-43-44(33-46(38-15-7-2-8-16-38)53-48(43)47(39)52-45)36-25-21-34(22-26-36)35-23-27-42(28-24-35)51-55-49(40-17-9-3-10-18-40)54-50(56-51)41-19-11-4-12-20-41/h1-33H. The van der Waals surface area contributed by atoms with Crippen molar-refractivity contribution in [1.82, 2.24) is 24.9 Å². The number of pyridine rings is 2. The van der Waals surface area contributed by atoms with Crippen LogP contribution >= 0.6 is 0 Å². The molecule has 0 saturated carbocycles. The Balaban J connectivity index is 1.02. The zero-order chi connectivity index (χ0) is 37.3. The van der Waals surface area contributed by atoms with E-state index in [1.807, 2.05) is 84.9 Å². The molecule has 0 saturated heterocycles. The van der Waals surface area contributed by atoms with Gasteiger partial charge in [0.2, 0.25) is 0 Å². The SMILES string of the molecule is c1ccc(-c2ccc3ccc4c(-c5ccc(-c6ccc(-c7nc(-c8ccccc8)nc(-c8ccccc8)n7)cc6)cc5)cc(-c5ccccc5)nc4c3n2)cc1. The Bertz CT molecular complexity index is 2910. The lowest BCUT2D eigenvalue weighted by Gasteiger charge is -2.13. The maximum atomic E-state index is 5.26. The summed E-state index contributed by atoms with van der Waals surface area (Å²) in [6.45, 7) is 0. The van der Waals surface area contributed by atoms with E-state index in [4.69, 9.17) is 24.9 Å². The Hall–Kier alpha value is -7.63. The van der Waals surface area contributed by atoms with E-state index in [2.05, 4.69) is 115 Å². The highest BCUT2D eigenvalue weighted by molar-refractivity contribution is 6.09. The number of fused-ring (bicyclic) bond motifs is 3. The highest BCUT2D eigenvalue weighted by Crippen LogP contribution is 2.37. The first-order valence-electron chi connectivity index (χ1n) is 18.7. The normalized spacial score (nSPS) is 11.2. The lowest BCUT2D eigenvalue weighted by molar-refractivity contribution is 1.07. The number of hydrogen-bond donors (Lipinski definition) is 0. The van der Waals surface area contributed by atoms with E-state index in [1.54, 1.807) is 0 Å². The first kappa shape index (κ1) is 33.0. The van der Waals surface area contributed by atoms with Gasteiger partial charge < -0.3 is 0 Å². The van der Waals surface area contributed by atoms with Gasteiger partial charge in [0.25, 0.3) is 0 Å². The van der Waals surface area contributed by atoms with Gasteiger partial charge in [-0.25, -0.2) is 24.9 Å². The van der Waals surface area contributed by atoms with Crippen LogP contribution in [0.5, 0.6) is 0 Å². The van der Waals surface area contributed by atoms with Gasteiger partial charge in [0.1, 0.15) is 0 Å². The summed E-state index contributed by atoms with van der Waals surface area (Å²) < 4.78 is 0. The van der Waals surface area contributed by atoms with E-state index >= 15 is 0 Å². The minimum Gasteiger partial charge on any atom is -0.245 e. The molecule has 5 heteroatoms. The fourth-order valence-corrected chi connectivity index (χ4v) is 7.23. The molecule has 0 spiro atoms. The Kier molecular flexibility index (Phi) is 8.43. The van der Waals surface area contributed by atoms with Gasteiger partial charge in [0, 0.05) is 38.6 Å². The second-order valence-electron chi connectivity index (χ2n) is 13.7. The number of aromatic nitrogens is 5. The van der Waals surface area contributed by atoms with Crippen molar-refractivity contribution in [3.05, 3.63) is 200 Å². The van der Waals surface area contributed by atoms with Crippen molar-refractivity contribution in [3.8, 4) is 78.9 Å². The molecule has 56 heavy (non-hydrogen) atoms. The molecule has 262 valence electrons. The molecular formula is C51H33N5. The van der Waals surface area contributed by atoms with Gasteiger partial charge in [-0.15, -0.1) is 0 Å². The molecule has 10 aromatic rings. The summed E-state index contributed by atoms with van der Waals surface area (Å²) in [7, 11) is 0. The second-order valence-corrected chi connectivity index (χ2v) is 13.7. The van der Waals surface area contributed by atoms with Crippen LogP contribution < -0.4 is 0 Å². The quantitative estimate of drug-likeness (QED) is 0.154. The molecule has 0 amide bonds. The monoisotopic (exact) mass is 715 g/mol.